The lowest BCUT2D eigenvalue weighted by molar-refractivity contribution is 0.506. The second kappa shape index (κ2) is 8.36. The molecule has 32 heavy (non-hydrogen) atoms. The van der Waals surface area contributed by atoms with Crippen LogP contribution < -0.4 is 5.32 Å². The third kappa shape index (κ3) is 4.29. The maximum atomic E-state index is 14.1. The van der Waals surface area contributed by atoms with E-state index >= 15 is 0 Å². The number of nitrogens with zero attached hydrogens (tertiary/aromatic N) is 2. The number of benzene rings is 3. The molecule has 0 aliphatic heterocycles. The van der Waals surface area contributed by atoms with Gasteiger partial charge in [-0.3, -0.25) is 0 Å². The summed E-state index contributed by atoms with van der Waals surface area (Å²) in [6.45, 7) is 0. The Morgan fingerprint density at radius 3 is 2.41 bits per heavy atom. The van der Waals surface area contributed by atoms with Crippen molar-refractivity contribution in [1.29, 1.82) is 5.26 Å². The Labute approximate surface area is 183 Å². The first-order valence-electron chi connectivity index (χ1n) is 9.57. The van der Waals surface area contributed by atoms with Crippen LogP contribution in [0.4, 0.5) is 14.5 Å². The third-order valence-corrected chi connectivity index (χ3v) is 6.14. The second-order valence-corrected chi connectivity index (χ2v) is 9.30. The van der Waals surface area contributed by atoms with Crippen LogP contribution in [0.1, 0.15) is 22.9 Å². The van der Waals surface area contributed by atoms with Gasteiger partial charge in [-0.25, -0.2) is 22.2 Å². The van der Waals surface area contributed by atoms with Gasteiger partial charge in [-0.05, 0) is 47.5 Å². The minimum Gasteiger partial charge on any atom is -0.374 e. The van der Waals surface area contributed by atoms with Crippen molar-refractivity contribution >= 4 is 26.4 Å². The zero-order valence-electron chi connectivity index (χ0n) is 16.9. The molecule has 1 heterocycles. The zero-order chi connectivity index (χ0) is 22.9. The van der Waals surface area contributed by atoms with Crippen molar-refractivity contribution in [3.05, 3.63) is 101 Å². The minimum absolute atomic E-state index is 0.0988. The molecule has 1 aromatic heterocycles. The van der Waals surface area contributed by atoms with Gasteiger partial charge in [-0.2, -0.15) is 5.26 Å². The molecule has 0 aliphatic rings. The molecule has 160 valence electrons. The molecule has 0 amide bonds. The number of fused-ring (bicyclic) bond motifs is 1. The van der Waals surface area contributed by atoms with Crippen molar-refractivity contribution in [3.8, 4) is 6.07 Å². The van der Waals surface area contributed by atoms with Gasteiger partial charge >= 0.3 is 0 Å². The number of anilines is 1. The van der Waals surface area contributed by atoms with E-state index in [1.165, 1.54) is 18.2 Å². The summed E-state index contributed by atoms with van der Waals surface area (Å²) in [6.07, 6.45) is 1.10. The van der Waals surface area contributed by atoms with E-state index in [0.29, 0.717) is 22.3 Å². The molecule has 0 saturated carbocycles. The Hall–Kier alpha value is -3.83. The number of hydrogen-bond acceptors (Lipinski definition) is 5. The second-order valence-electron chi connectivity index (χ2n) is 7.28. The van der Waals surface area contributed by atoms with Crippen molar-refractivity contribution in [1.82, 2.24) is 4.98 Å². The summed E-state index contributed by atoms with van der Waals surface area (Å²) in [5.74, 6) is -2.01. The molecule has 0 saturated heterocycles. The lowest BCUT2D eigenvalue weighted by Gasteiger charge is -2.23. The highest BCUT2D eigenvalue weighted by Gasteiger charge is 2.20. The van der Waals surface area contributed by atoms with Gasteiger partial charge in [0.15, 0.2) is 21.5 Å². The topological polar surface area (TPSA) is 82.9 Å². The number of pyridine rings is 1. The number of para-hydroxylation sites is 1. The molecule has 0 bridgehead atoms. The summed E-state index contributed by atoms with van der Waals surface area (Å²) in [5.41, 5.74) is 2.22. The van der Waals surface area contributed by atoms with Crippen LogP contribution in [0.2, 0.25) is 0 Å². The first-order chi connectivity index (χ1) is 15.3. The molecule has 4 rings (SSSR count). The lowest BCUT2D eigenvalue weighted by atomic mass is 9.97. The van der Waals surface area contributed by atoms with E-state index in [2.05, 4.69) is 10.3 Å². The number of halogens is 2. The Bertz CT molecular complexity index is 1480. The maximum Gasteiger partial charge on any atom is 0.175 e. The van der Waals surface area contributed by atoms with Crippen LogP contribution in [0, 0.1) is 23.0 Å². The summed E-state index contributed by atoms with van der Waals surface area (Å²) in [5, 5.41) is 13.4. The van der Waals surface area contributed by atoms with Crippen LogP contribution in [-0.2, 0) is 9.84 Å². The van der Waals surface area contributed by atoms with E-state index in [9.17, 15) is 22.5 Å². The normalized spacial score (nSPS) is 12.3. The summed E-state index contributed by atoms with van der Waals surface area (Å²) in [7, 11) is -3.49. The summed E-state index contributed by atoms with van der Waals surface area (Å²) >= 11 is 0. The molecule has 0 fully saturated rings. The molecular weight excluding hydrogens is 432 g/mol. The SMILES string of the molecule is CS(=O)(=O)c1cccc(C(Nc2cc(C#N)nc3ccccc23)c2ccc(F)c(F)c2)c1. The van der Waals surface area contributed by atoms with Gasteiger partial charge in [0.05, 0.1) is 16.5 Å². The van der Waals surface area contributed by atoms with E-state index in [0.717, 1.165) is 23.8 Å². The van der Waals surface area contributed by atoms with Gasteiger partial charge in [-0.1, -0.05) is 36.4 Å². The van der Waals surface area contributed by atoms with E-state index in [1.54, 1.807) is 30.3 Å². The van der Waals surface area contributed by atoms with Crippen LogP contribution >= 0.6 is 0 Å². The minimum atomic E-state index is -3.49. The molecule has 8 heteroatoms. The molecule has 1 unspecified atom stereocenters. The smallest absolute Gasteiger partial charge is 0.175 e. The molecule has 0 spiro atoms. The molecule has 3 aromatic carbocycles. The molecule has 0 radical (unpaired) electrons. The standard InChI is InChI=1S/C24H17F2N3O2S/c1-32(30,31)18-6-4-5-15(11-18)24(16-9-10-20(25)21(26)12-16)29-23-13-17(14-27)28-22-8-3-2-7-19(22)23/h2-13,24H,1H3,(H,28,29). The lowest BCUT2D eigenvalue weighted by Crippen LogP contribution is -2.14. The number of hydrogen-bond donors (Lipinski definition) is 1. The van der Waals surface area contributed by atoms with E-state index in [1.807, 2.05) is 18.2 Å². The molecule has 5 nitrogen and oxygen atoms in total. The Kier molecular flexibility index (Phi) is 5.59. The Morgan fingerprint density at radius 2 is 1.69 bits per heavy atom. The van der Waals surface area contributed by atoms with Gasteiger partial charge in [0.1, 0.15) is 11.8 Å². The van der Waals surface area contributed by atoms with Gasteiger partial charge < -0.3 is 5.32 Å². The number of aromatic nitrogens is 1. The number of rotatable bonds is 5. The molecule has 4 aromatic rings. The van der Waals surface area contributed by atoms with Gasteiger partial charge in [-0.15, -0.1) is 0 Å². The first kappa shape index (κ1) is 21.4. The Balaban J connectivity index is 1.91. The van der Waals surface area contributed by atoms with Gasteiger partial charge in [0.2, 0.25) is 0 Å². The fourth-order valence-electron chi connectivity index (χ4n) is 3.48. The summed E-state index contributed by atoms with van der Waals surface area (Å²) in [6, 6.07) is 19.8. The first-order valence-corrected chi connectivity index (χ1v) is 11.5. The highest BCUT2D eigenvalue weighted by Crippen LogP contribution is 2.32. The van der Waals surface area contributed by atoms with Crippen molar-refractivity contribution in [2.75, 3.05) is 11.6 Å². The molecule has 1 atom stereocenters. The molecule has 0 aliphatic carbocycles. The van der Waals surface area contributed by atoms with E-state index in [-0.39, 0.29) is 10.6 Å². The zero-order valence-corrected chi connectivity index (χ0v) is 17.7. The van der Waals surface area contributed by atoms with Crippen molar-refractivity contribution in [2.45, 2.75) is 10.9 Å². The molecular formula is C24H17F2N3O2S. The van der Waals surface area contributed by atoms with Crippen LogP contribution in [-0.4, -0.2) is 19.7 Å². The van der Waals surface area contributed by atoms with Crippen LogP contribution in [0.5, 0.6) is 0 Å². The monoisotopic (exact) mass is 449 g/mol. The highest BCUT2D eigenvalue weighted by atomic mass is 32.2. The largest absolute Gasteiger partial charge is 0.374 e. The van der Waals surface area contributed by atoms with E-state index < -0.39 is 27.5 Å². The average Bonchev–Trinajstić information content (AvgIpc) is 2.78. The highest BCUT2D eigenvalue weighted by molar-refractivity contribution is 7.90. The third-order valence-electron chi connectivity index (χ3n) is 5.03. The predicted octanol–water partition coefficient (Wildman–Crippen LogP) is 4.99. The van der Waals surface area contributed by atoms with Crippen molar-refractivity contribution in [3.63, 3.8) is 0 Å². The van der Waals surface area contributed by atoms with E-state index in [4.69, 9.17) is 0 Å². The maximum absolute atomic E-state index is 14.1. The van der Waals surface area contributed by atoms with Crippen LogP contribution in [0.3, 0.4) is 0 Å². The van der Waals surface area contributed by atoms with Gasteiger partial charge in [0, 0.05) is 17.3 Å². The molecule has 1 N–H and O–H groups in total. The summed E-state index contributed by atoms with van der Waals surface area (Å²) < 4.78 is 51.9. The van der Waals surface area contributed by atoms with Gasteiger partial charge in [0.25, 0.3) is 0 Å². The average molecular weight is 449 g/mol. The van der Waals surface area contributed by atoms with Crippen molar-refractivity contribution < 1.29 is 17.2 Å². The number of sulfone groups is 1. The van der Waals surface area contributed by atoms with Crippen molar-refractivity contribution in [2.24, 2.45) is 0 Å². The fourth-order valence-corrected chi connectivity index (χ4v) is 4.16. The number of nitriles is 1. The van der Waals surface area contributed by atoms with Crippen LogP contribution in [0.25, 0.3) is 10.9 Å². The quantitative estimate of drug-likeness (QED) is 0.464. The predicted molar refractivity (Wildman–Crippen MR) is 118 cm³/mol. The number of nitrogens with one attached hydrogen (secondary N) is 1. The summed E-state index contributed by atoms with van der Waals surface area (Å²) in [4.78, 5) is 4.39. The van der Waals surface area contributed by atoms with Crippen LogP contribution in [0.15, 0.2) is 77.7 Å². The Morgan fingerprint density at radius 1 is 0.938 bits per heavy atom. The fraction of sp³-hybridized carbons (Fsp3) is 0.0833.